The van der Waals surface area contributed by atoms with Gasteiger partial charge in [-0.25, -0.2) is 4.79 Å². The lowest BCUT2D eigenvalue weighted by molar-refractivity contribution is -0.136. The van der Waals surface area contributed by atoms with Crippen molar-refractivity contribution in [3.05, 3.63) is 65.6 Å². The van der Waals surface area contributed by atoms with Crippen molar-refractivity contribution in [3.63, 3.8) is 0 Å². The molecule has 0 spiro atoms. The van der Waals surface area contributed by atoms with Crippen LogP contribution in [0.15, 0.2) is 60.1 Å². The van der Waals surface area contributed by atoms with E-state index in [0.29, 0.717) is 0 Å². The monoisotopic (exact) mass is 256 g/mol. The topological polar surface area (TPSA) is 52.6 Å². The highest BCUT2D eigenvalue weighted by Gasteiger charge is 2.22. The van der Waals surface area contributed by atoms with Crippen LogP contribution < -0.4 is 0 Å². The first-order valence-corrected chi connectivity index (χ1v) is 5.65. The number of hydrogen-bond donors (Lipinski definition) is 0. The Balaban J connectivity index is 2.05. The molecule has 4 nitrogen and oxygen atoms in total. The quantitative estimate of drug-likeness (QED) is 0.612. The Morgan fingerprint density at radius 1 is 1.26 bits per heavy atom. The van der Waals surface area contributed by atoms with Gasteiger partial charge < -0.3 is 9.47 Å². The number of hydrogen-bond acceptors (Lipinski definition) is 4. The number of ketones is 1. The highest BCUT2D eigenvalue weighted by molar-refractivity contribution is 6.03. The predicted molar refractivity (Wildman–Crippen MR) is 69.8 cm³/mol. The first-order chi connectivity index (χ1) is 9.19. The summed E-state index contributed by atoms with van der Waals surface area (Å²) < 4.78 is 9.62. The van der Waals surface area contributed by atoms with Crippen LogP contribution in [0.4, 0.5) is 0 Å². The molecule has 1 heterocycles. The minimum absolute atomic E-state index is 0.0890. The lowest BCUT2D eigenvalue weighted by Crippen LogP contribution is -2.00. The summed E-state index contributed by atoms with van der Waals surface area (Å²) in [7, 11) is 1.37. The molecule has 0 saturated heterocycles. The molecule has 96 valence electrons. The van der Waals surface area contributed by atoms with Crippen LogP contribution in [0.3, 0.4) is 0 Å². The van der Waals surface area contributed by atoms with Gasteiger partial charge in [0.25, 0.3) is 0 Å². The van der Waals surface area contributed by atoms with Crippen molar-refractivity contribution in [2.24, 2.45) is 0 Å². The van der Waals surface area contributed by atoms with Crippen LogP contribution in [-0.2, 0) is 19.1 Å². The van der Waals surface area contributed by atoms with Crippen molar-refractivity contribution in [2.75, 3.05) is 7.11 Å². The number of methoxy groups -OCH3 is 1. The molecule has 1 aromatic carbocycles. The number of benzene rings is 1. The minimum atomic E-state index is -0.589. The Kier molecular flexibility index (Phi) is 3.93. The SMILES string of the molecule is COC1=C/C(=C\C(=O)/C=C/c2ccccc2)OC1=O. The van der Waals surface area contributed by atoms with E-state index in [0.717, 1.165) is 5.56 Å². The maximum absolute atomic E-state index is 11.6. The fourth-order valence-electron chi connectivity index (χ4n) is 1.52. The van der Waals surface area contributed by atoms with Crippen molar-refractivity contribution >= 4 is 17.8 Å². The van der Waals surface area contributed by atoms with E-state index >= 15 is 0 Å². The van der Waals surface area contributed by atoms with Crippen molar-refractivity contribution in [1.29, 1.82) is 0 Å². The Morgan fingerprint density at radius 2 is 2.00 bits per heavy atom. The van der Waals surface area contributed by atoms with Crippen LogP contribution in [0.5, 0.6) is 0 Å². The van der Waals surface area contributed by atoms with Crippen LogP contribution in [0.25, 0.3) is 6.08 Å². The summed E-state index contributed by atoms with van der Waals surface area (Å²) in [6.07, 6.45) is 5.73. The second-order valence-electron chi connectivity index (χ2n) is 3.80. The largest absolute Gasteiger partial charge is 0.490 e. The normalized spacial score (nSPS) is 16.6. The second kappa shape index (κ2) is 5.82. The summed E-state index contributed by atoms with van der Waals surface area (Å²) in [6.45, 7) is 0. The molecule has 0 radical (unpaired) electrons. The van der Waals surface area contributed by atoms with E-state index in [2.05, 4.69) is 0 Å². The van der Waals surface area contributed by atoms with Gasteiger partial charge in [-0.1, -0.05) is 36.4 Å². The summed E-state index contributed by atoms with van der Waals surface area (Å²) in [6, 6.07) is 9.44. The van der Waals surface area contributed by atoms with E-state index in [1.807, 2.05) is 30.3 Å². The summed E-state index contributed by atoms with van der Waals surface area (Å²) in [4.78, 5) is 22.8. The van der Waals surface area contributed by atoms with Gasteiger partial charge in [0.15, 0.2) is 5.78 Å². The van der Waals surface area contributed by atoms with Gasteiger partial charge >= 0.3 is 5.97 Å². The molecule has 0 bridgehead atoms. The van der Waals surface area contributed by atoms with Gasteiger partial charge in [-0.05, 0) is 11.6 Å². The van der Waals surface area contributed by atoms with Gasteiger partial charge in [0.1, 0.15) is 5.76 Å². The minimum Gasteiger partial charge on any atom is -0.490 e. The molecule has 19 heavy (non-hydrogen) atoms. The molecule has 1 aromatic rings. The lowest BCUT2D eigenvalue weighted by Gasteiger charge is -1.94. The molecule has 0 aromatic heterocycles. The van der Waals surface area contributed by atoms with Crippen LogP contribution >= 0.6 is 0 Å². The van der Waals surface area contributed by atoms with Crippen molar-refractivity contribution in [1.82, 2.24) is 0 Å². The Morgan fingerprint density at radius 3 is 2.63 bits per heavy atom. The van der Waals surface area contributed by atoms with E-state index in [9.17, 15) is 9.59 Å². The number of carbonyl (C=O) groups excluding carboxylic acids is 2. The molecule has 4 heteroatoms. The lowest BCUT2D eigenvalue weighted by atomic mass is 10.2. The summed E-state index contributed by atoms with van der Waals surface area (Å²) in [5.41, 5.74) is 0.922. The third-order valence-electron chi connectivity index (χ3n) is 2.43. The predicted octanol–water partition coefficient (Wildman–Crippen LogP) is 2.24. The zero-order valence-corrected chi connectivity index (χ0v) is 10.3. The zero-order valence-electron chi connectivity index (χ0n) is 10.3. The number of ether oxygens (including phenoxy) is 2. The van der Waals surface area contributed by atoms with Gasteiger partial charge in [-0.15, -0.1) is 0 Å². The average molecular weight is 256 g/mol. The molecular formula is C15H12O4. The molecule has 0 saturated carbocycles. The average Bonchev–Trinajstić information content (AvgIpc) is 2.77. The summed E-state index contributed by atoms with van der Waals surface area (Å²) in [5, 5.41) is 0. The van der Waals surface area contributed by atoms with E-state index in [-0.39, 0.29) is 17.3 Å². The third kappa shape index (κ3) is 3.42. The van der Waals surface area contributed by atoms with Crippen LogP contribution in [0.1, 0.15) is 5.56 Å². The van der Waals surface area contributed by atoms with Crippen LogP contribution in [0, 0.1) is 0 Å². The van der Waals surface area contributed by atoms with Crippen molar-refractivity contribution < 1.29 is 19.1 Å². The number of carbonyl (C=O) groups is 2. The van der Waals surface area contributed by atoms with Crippen LogP contribution in [-0.4, -0.2) is 18.9 Å². The van der Waals surface area contributed by atoms with Gasteiger partial charge in [0.2, 0.25) is 5.76 Å². The van der Waals surface area contributed by atoms with E-state index < -0.39 is 5.97 Å². The molecule has 0 amide bonds. The number of allylic oxidation sites excluding steroid dienone is 3. The fourth-order valence-corrected chi connectivity index (χ4v) is 1.52. The second-order valence-corrected chi connectivity index (χ2v) is 3.80. The number of cyclic esters (lactones) is 1. The number of rotatable bonds is 4. The standard InChI is InChI=1S/C15H12O4/c1-18-14-10-13(19-15(14)17)9-12(16)8-7-11-5-3-2-4-6-11/h2-10H,1H3/b8-7+,13-9+. The molecule has 0 fully saturated rings. The Labute approximate surface area is 110 Å². The maximum Gasteiger partial charge on any atom is 0.379 e. The highest BCUT2D eigenvalue weighted by atomic mass is 16.6. The van der Waals surface area contributed by atoms with Crippen LogP contribution in [0.2, 0.25) is 0 Å². The first kappa shape index (κ1) is 12.8. The van der Waals surface area contributed by atoms with E-state index in [1.165, 1.54) is 25.3 Å². The third-order valence-corrected chi connectivity index (χ3v) is 2.43. The molecule has 1 aliphatic rings. The van der Waals surface area contributed by atoms with Gasteiger partial charge in [-0.3, -0.25) is 4.79 Å². The smallest absolute Gasteiger partial charge is 0.379 e. The fraction of sp³-hybridized carbons (Fsp3) is 0.0667. The number of esters is 1. The first-order valence-electron chi connectivity index (χ1n) is 5.65. The maximum atomic E-state index is 11.6. The van der Waals surface area contributed by atoms with E-state index in [4.69, 9.17) is 9.47 Å². The molecule has 2 rings (SSSR count). The van der Waals surface area contributed by atoms with Gasteiger partial charge in [0.05, 0.1) is 7.11 Å². The summed E-state index contributed by atoms with van der Waals surface area (Å²) in [5.74, 6) is -0.579. The van der Waals surface area contributed by atoms with Crippen molar-refractivity contribution in [3.8, 4) is 0 Å². The Hall–Kier alpha value is -2.62. The summed E-state index contributed by atoms with van der Waals surface area (Å²) >= 11 is 0. The Bertz CT molecular complexity index is 579. The highest BCUT2D eigenvalue weighted by Crippen LogP contribution is 2.17. The molecule has 0 N–H and O–H groups in total. The molecule has 0 unspecified atom stereocenters. The van der Waals surface area contributed by atoms with Crippen molar-refractivity contribution in [2.45, 2.75) is 0 Å². The molecule has 0 atom stereocenters. The molecule has 0 aliphatic carbocycles. The van der Waals surface area contributed by atoms with Gasteiger partial charge in [-0.2, -0.15) is 0 Å². The zero-order chi connectivity index (χ0) is 13.7. The molecule has 1 aliphatic heterocycles. The molecular weight excluding hydrogens is 244 g/mol. The van der Waals surface area contributed by atoms with E-state index in [1.54, 1.807) is 6.08 Å². The van der Waals surface area contributed by atoms with Gasteiger partial charge in [0, 0.05) is 12.2 Å².